The van der Waals surface area contributed by atoms with Crippen LogP contribution in [-0.2, 0) is 6.42 Å². The lowest BCUT2D eigenvalue weighted by atomic mass is 10.1. The monoisotopic (exact) mass is 364 g/mol. The molecule has 0 radical (unpaired) electrons. The molecule has 7 heteroatoms. The van der Waals surface area contributed by atoms with Crippen LogP contribution in [0, 0.1) is 5.82 Å². The fourth-order valence-electron chi connectivity index (χ4n) is 2.07. The largest absolute Gasteiger partial charge is 0.531 e. The van der Waals surface area contributed by atoms with Crippen molar-refractivity contribution in [2.75, 3.05) is 0 Å². The predicted octanol–water partition coefficient (Wildman–Crippen LogP) is 4.63. The lowest BCUT2D eigenvalue weighted by Crippen LogP contribution is -2.32. The summed E-state index contributed by atoms with van der Waals surface area (Å²) in [7, 11) is -3.65. The average molecular weight is 365 g/mol. The first-order valence-electron chi connectivity index (χ1n) is 8.00. The van der Waals surface area contributed by atoms with E-state index in [1.54, 1.807) is 12.3 Å². The van der Waals surface area contributed by atoms with E-state index in [-0.39, 0.29) is 5.82 Å². The van der Waals surface area contributed by atoms with Crippen molar-refractivity contribution in [2.24, 2.45) is 0 Å². The van der Waals surface area contributed by atoms with Gasteiger partial charge < -0.3 is 8.85 Å². The van der Waals surface area contributed by atoms with Crippen molar-refractivity contribution < 1.29 is 13.2 Å². The summed E-state index contributed by atoms with van der Waals surface area (Å²) in [5.74, 6) is 0.293. The highest BCUT2D eigenvalue weighted by atomic mass is 28.4. The third-order valence-corrected chi connectivity index (χ3v) is 4.49. The van der Waals surface area contributed by atoms with Gasteiger partial charge in [0, 0.05) is 18.2 Å². The molecule has 0 spiro atoms. The molecule has 0 unspecified atom stereocenters. The van der Waals surface area contributed by atoms with E-state index in [9.17, 15) is 4.39 Å². The third-order valence-electron chi connectivity index (χ3n) is 2.89. The van der Waals surface area contributed by atoms with Crippen molar-refractivity contribution in [3.8, 4) is 11.9 Å². The van der Waals surface area contributed by atoms with Gasteiger partial charge in [0.15, 0.2) is 0 Å². The molecule has 24 heavy (non-hydrogen) atoms. The van der Waals surface area contributed by atoms with Crippen LogP contribution in [0.3, 0.4) is 0 Å². The van der Waals surface area contributed by atoms with Gasteiger partial charge in [-0.3, -0.25) is 0 Å². The Kier molecular flexibility index (Phi) is 5.44. The molecule has 1 aromatic carbocycles. The molecule has 2 rings (SSSR count). The van der Waals surface area contributed by atoms with Gasteiger partial charge in [-0.2, -0.15) is 4.98 Å². The van der Waals surface area contributed by atoms with Crippen LogP contribution in [0.25, 0.3) is 0 Å². The number of benzene rings is 1. The highest BCUT2D eigenvalue weighted by Gasteiger charge is 2.23. The molecule has 0 amide bonds. The summed E-state index contributed by atoms with van der Waals surface area (Å²) in [6.07, 6.45) is 2.24. The maximum atomic E-state index is 13.4. The first-order valence-corrected chi connectivity index (χ1v) is 14.8. The molecule has 0 N–H and O–H groups in total. The van der Waals surface area contributed by atoms with E-state index < -0.39 is 16.6 Å². The summed E-state index contributed by atoms with van der Waals surface area (Å²) in [6, 6.07) is 6.89. The number of hydrogen-bond acceptors (Lipinski definition) is 4. The van der Waals surface area contributed by atoms with Gasteiger partial charge in [-0.25, -0.2) is 9.37 Å². The number of nitrogens with zero attached hydrogens (tertiary/aromatic N) is 2. The van der Waals surface area contributed by atoms with Gasteiger partial charge >= 0.3 is 6.01 Å². The summed E-state index contributed by atoms with van der Waals surface area (Å²) in [6.45, 7) is 12.5. The first kappa shape index (κ1) is 18.6. The smallest absolute Gasteiger partial charge is 0.305 e. The molecular weight excluding hydrogens is 339 g/mol. The quantitative estimate of drug-likeness (QED) is 0.701. The second-order valence-corrected chi connectivity index (χ2v) is 16.6. The summed E-state index contributed by atoms with van der Waals surface area (Å²) in [5.41, 5.74) is 1.70. The number of hydrogen-bond donors (Lipinski definition) is 0. The normalized spacial score (nSPS) is 12.1. The molecule has 1 heterocycles. The Hall–Kier alpha value is -1.74. The van der Waals surface area contributed by atoms with E-state index in [0.717, 1.165) is 11.1 Å². The highest BCUT2D eigenvalue weighted by molar-refractivity contribution is 6.70. The second kappa shape index (κ2) is 7.02. The molecule has 0 saturated carbocycles. The van der Waals surface area contributed by atoms with E-state index in [2.05, 4.69) is 49.3 Å². The Balaban J connectivity index is 2.34. The van der Waals surface area contributed by atoms with E-state index in [0.29, 0.717) is 18.3 Å². The standard InChI is InChI=1S/C17H25FN2O2Si2/c1-23(2,3)21-16-14(10-13-8-7-9-15(18)11-13)12-19-17(20-16)22-24(4,5)6/h7-9,11-12H,10H2,1-6H3. The lowest BCUT2D eigenvalue weighted by molar-refractivity contribution is 0.471. The van der Waals surface area contributed by atoms with Gasteiger partial charge in [0.1, 0.15) is 5.82 Å². The van der Waals surface area contributed by atoms with E-state index >= 15 is 0 Å². The zero-order valence-electron chi connectivity index (χ0n) is 15.2. The fourth-order valence-corrected chi connectivity index (χ4v) is 3.47. The Morgan fingerprint density at radius 1 is 1.00 bits per heavy atom. The van der Waals surface area contributed by atoms with Crippen molar-refractivity contribution in [2.45, 2.75) is 45.7 Å². The second-order valence-electron chi connectivity index (χ2n) is 7.72. The molecule has 0 aliphatic carbocycles. The van der Waals surface area contributed by atoms with Crippen LogP contribution in [0.1, 0.15) is 11.1 Å². The van der Waals surface area contributed by atoms with Crippen LogP contribution in [0.5, 0.6) is 11.9 Å². The van der Waals surface area contributed by atoms with Crippen LogP contribution in [-0.4, -0.2) is 26.6 Å². The van der Waals surface area contributed by atoms with E-state index in [4.69, 9.17) is 8.85 Å². The Bertz CT molecular complexity index is 712. The number of rotatable bonds is 6. The molecule has 0 aliphatic heterocycles. The summed E-state index contributed by atoms with van der Waals surface area (Å²) < 4.78 is 25.4. The molecule has 130 valence electrons. The van der Waals surface area contributed by atoms with Crippen LogP contribution in [0.15, 0.2) is 30.5 Å². The first-order chi connectivity index (χ1) is 11.0. The van der Waals surface area contributed by atoms with Gasteiger partial charge in [-0.1, -0.05) is 12.1 Å². The summed E-state index contributed by atoms with van der Waals surface area (Å²) >= 11 is 0. The number of halogens is 1. The van der Waals surface area contributed by atoms with Crippen molar-refractivity contribution >= 4 is 16.6 Å². The third kappa shape index (κ3) is 6.05. The Morgan fingerprint density at radius 3 is 2.25 bits per heavy atom. The topological polar surface area (TPSA) is 44.2 Å². The molecule has 0 fully saturated rings. The van der Waals surface area contributed by atoms with Gasteiger partial charge in [-0.05, 0) is 57.0 Å². The lowest BCUT2D eigenvalue weighted by Gasteiger charge is -2.22. The Labute approximate surface area is 145 Å². The molecule has 0 aliphatic rings. The minimum Gasteiger partial charge on any atom is -0.531 e. The minimum absolute atomic E-state index is 0.250. The van der Waals surface area contributed by atoms with Crippen molar-refractivity contribution in [1.82, 2.24) is 9.97 Å². The van der Waals surface area contributed by atoms with Gasteiger partial charge in [0.05, 0.1) is 0 Å². The Morgan fingerprint density at radius 2 is 1.67 bits per heavy atom. The van der Waals surface area contributed by atoms with E-state index in [1.165, 1.54) is 12.1 Å². The van der Waals surface area contributed by atoms with Crippen LogP contribution in [0.4, 0.5) is 4.39 Å². The van der Waals surface area contributed by atoms with E-state index in [1.807, 2.05) is 6.07 Å². The maximum Gasteiger partial charge on any atom is 0.305 e. The van der Waals surface area contributed by atoms with Gasteiger partial charge in [0.2, 0.25) is 22.5 Å². The van der Waals surface area contributed by atoms with Crippen molar-refractivity contribution in [1.29, 1.82) is 0 Å². The van der Waals surface area contributed by atoms with Crippen LogP contribution < -0.4 is 8.85 Å². The zero-order chi connectivity index (χ0) is 18.0. The molecule has 0 bridgehead atoms. The van der Waals surface area contributed by atoms with Gasteiger partial charge in [-0.15, -0.1) is 0 Å². The maximum absolute atomic E-state index is 13.4. The number of aromatic nitrogens is 2. The minimum atomic E-state index is -1.85. The average Bonchev–Trinajstić information content (AvgIpc) is 2.38. The molecule has 4 nitrogen and oxygen atoms in total. The highest BCUT2D eigenvalue weighted by Crippen LogP contribution is 2.25. The van der Waals surface area contributed by atoms with Gasteiger partial charge in [0.25, 0.3) is 0 Å². The SMILES string of the molecule is C[Si](C)(C)Oc1ncc(Cc2cccc(F)c2)c(O[Si](C)(C)C)n1. The van der Waals surface area contributed by atoms with Crippen LogP contribution in [0.2, 0.25) is 39.3 Å². The molecular formula is C17H25FN2O2Si2. The molecule has 0 saturated heterocycles. The van der Waals surface area contributed by atoms with Crippen molar-refractivity contribution in [3.63, 3.8) is 0 Å². The van der Waals surface area contributed by atoms with Crippen molar-refractivity contribution in [3.05, 3.63) is 47.4 Å². The summed E-state index contributed by atoms with van der Waals surface area (Å²) in [5, 5.41) is 0. The summed E-state index contributed by atoms with van der Waals surface area (Å²) in [4.78, 5) is 8.80. The molecule has 2 aromatic rings. The molecule has 1 aromatic heterocycles. The predicted molar refractivity (Wildman–Crippen MR) is 99.2 cm³/mol. The molecule has 0 atom stereocenters. The fraction of sp³-hybridized carbons (Fsp3) is 0.412. The zero-order valence-corrected chi connectivity index (χ0v) is 17.2. The van der Waals surface area contributed by atoms with Crippen LogP contribution >= 0.6 is 0 Å².